The molecule has 0 aliphatic carbocycles. The first-order valence-electron chi connectivity index (χ1n) is 2.93. The predicted molar refractivity (Wildman–Crippen MR) is 31.6 cm³/mol. The van der Waals surface area contributed by atoms with Gasteiger partial charge in [-0.25, -0.2) is 0 Å². The Balaban J connectivity index is 0. The van der Waals surface area contributed by atoms with E-state index < -0.39 is 0 Å². The molecule has 0 radical (unpaired) electrons. The van der Waals surface area contributed by atoms with Crippen molar-refractivity contribution in [2.45, 2.75) is 26.2 Å². The third-order valence-electron chi connectivity index (χ3n) is 0.919. The zero-order valence-corrected chi connectivity index (χ0v) is 8.14. The molecule has 1 N–H and O–H groups in total. The number of hydrogen-bond acceptors (Lipinski definition) is 2. The van der Waals surface area contributed by atoms with Gasteiger partial charge >= 0.3 is 0 Å². The summed E-state index contributed by atoms with van der Waals surface area (Å²) in [5.74, 6) is 0.162. The molecule has 0 saturated carbocycles. The van der Waals surface area contributed by atoms with Gasteiger partial charge in [0.25, 0.3) is 0 Å². The van der Waals surface area contributed by atoms with Gasteiger partial charge in [-0.05, 0) is 6.42 Å². The van der Waals surface area contributed by atoms with E-state index >= 15 is 0 Å². The van der Waals surface area contributed by atoms with Crippen LogP contribution in [-0.4, -0.2) is 17.5 Å². The smallest absolute Gasteiger partial charge is 0.135 e. The minimum atomic E-state index is -0.00116. The minimum absolute atomic E-state index is 0. The van der Waals surface area contributed by atoms with E-state index in [0.29, 0.717) is 12.8 Å². The normalized spacial score (nSPS) is 8.22. The minimum Gasteiger partial charge on any atom is -0.396 e. The van der Waals surface area contributed by atoms with E-state index in [1.54, 1.807) is 0 Å². The number of aliphatic hydroxyl groups is 1. The van der Waals surface area contributed by atoms with Crippen LogP contribution in [0.2, 0.25) is 0 Å². The maximum Gasteiger partial charge on any atom is 0.135 e. The van der Waals surface area contributed by atoms with E-state index in [1.165, 1.54) is 0 Å². The fourth-order valence-electron chi connectivity index (χ4n) is 0.529. The predicted octanol–water partition coefficient (Wildman–Crippen LogP) is 0.736. The quantitative estimate of drug-likeness (QED) is 0.738. The van der Waals surface area contributed by atoms with Crippen LogP contribution in [-0.2, 0) is 31.0 Å². The van der Waals surface area contributed by atoms with Gasteiger partial charge in [0.05, 0.1) is 0 Å². The molecule has 0 heterocycles. The molecule has 0 aliphatic heterocycles. The number of ketones is 1. The van der Waals surface area contributed by atoms with Crippen LogP contribution in [0, 0.1) is 0 Å². The molecule has 0 atom stereocenters. The molecule has 0 fully saturated rings. The number of carbonyl (C=O) groups is 1. The standard InChI is InChI=1S/C6H12O2.Zr/c1-2-3-6(8)4-5-7;/h7H,2-5H2,1H3;. The summed E-state index contributed by atoms with van der Waals surface area (Å²) in [6, 6.07) is 0. The second kappa shape index (κ2) is 8.51. The third-order valence-corrected chi connectivity index (χ3v) is 0.919. The summed E-state index contributed by atoms with van der Waals surface area (Å²) in [5, 5.41) is 8.24. The van der Waals surface area contributed by atoms with Gasteiger partial charge in [-0.3, -0.25) is 4.79 Å². The molecule has 0 bridgehead atoms. The number of Topliss-reactive ketones (excluding diaryl/α,β-unsaturated/α-hetero) is 1. The number of aliphatic hydroxyl groups excluding tert-OH is 1. The van der Waals surface area contributed by atoms with Gasteiger partial charge in [0.1, 0.15) is 5.78 Å². The zero-order valence-electron chi connectivity index (χ0n) is 5.68. The first-order valence-corrected chi connectivity index (χ1v) is 2.93. The molecule has 0 saturated heterocycles. The summed E-state index contributed by atoms with van der Waals surface area (Å²) in [6.07, 6.45) is 1.83. The van der Waals surface area contributed by atoms with Crippen LogP contribution in [0.25, 0.3) is 0 Å². The van der Waals surface area contributed by atoms with Gasteiger partial charge in [-0.15, -0.1) is 0 Å². The van der Waals surface area contributed by atoms with Crippen LogP contribution < -0.4 is 0 Å². The summed E-state index contributed by atoms with van der Waals surface area (Å²) in [5.41, 5.74) is 0. The second-order valence-electron chi connectivity index (χ2n) is 1.76. The molecule has 0 unspecified atom stereocenters. The monoisotopic (exact) mass is 206 g/mol. The largest absolute Gasteiger partial charge is 0.396 e. The summed E-state index contributed by atoms with van der Waals surface area (Å²) in [4.78, 5) is 10.5. The van der Waals surface area contributed by atoms with Gasteiger partial charge in [0, 0.05) is 45.7 Å². The molecular weight excluding hydrogens is 195 g/mol. The third kappa shape index (κ3) is 8.51. The van der Waals surface area contributed by atoms with Crippen LogP contribution in [0.4, 0.5) is 0 Å². The Morgan fingerprint density at radius 1 is 1.44 bits per heavy atom. The van der Waals surface area contributed by atoms with Crippen molar-refractivity contribution in [1.29, 1.82) is 0 Å². The summed E-state index contributed by atoms with van der Waals surface area (Å²) < 4.78 is 0. The van der Waals surface area contributed by atoms with Gasteiger partial charge in [0.2, 0.25) is 0 Å². The molecule has 0 aliphatic rings. The Morgan fingerprint density at radius 2 is 2.00 bits per heavy atom. The Morgan fingerprint density at radius 3 is 2.33 bits per heavy atom. The first kappa shape index (κ1) is 12.2. The van der Waals surface area contributed by atoms with Gasteiger partial charge in [0.15, 0.2) is 0 Å². The van der Waals surface area contributed by atoms with Crippen molar-refractivity contribution in [3.05, 3.63) is 0 Å². The molecule has 0 aromatic heterocycles. The topological polar surface area (TPSA) is 37.3 Å². The van der Waals surface area contributed by atoms with E-state index in [4.69, 9.17) is 5.11 Å². The molecule has 3 heteroatoms. The zero-order chi connectivity index (χ0) is 6.41. The van der Waals surface area contributed by atoms with Crippen LogP contribution in [0.5, 0.6) is 0 Å². The molecule has 2 nitrogen and oxygen atoms in total. The maximum atomic E-state index is 10.5. The molecule has 52 valence electrons. The molecular formula is C6H12O2Zr. The summed E-state index contributed by atoms with van der Waals surface area (Å²) >= 11 is 0. The van der Waals surface area contributed by atoms with Crippen molar-refractivity contribution >= 4 is 5.78 Å². The van der Waals surface area contributed by atoms with Crippen LogP contribution in [0.1, 0.15) is 26.2 Å². The van der Waals surface area contributed by atoms with Gasteiger partial charge in [-0.2, -0.15) is 0 Å². The van der Waals surface area contributed by atoms with Crippen molar-refractivity contribution in [2.75, 3.05) is 6.61 Å². The number of hydrogen-bond donors (Lipinski definition) is 1. The van der Waals surface area contributed by atoms with E-state index in [2.05, 4.69) is 0 Å². The first-order chi connectivity index (χ1) is 3.81. The maximum absolute atomic E-state index is 10.5. The van der Waals surface area contributed by atoms with Crippen molar-refractivity contribution in [1.82, 2.24) is 0 Å². The average molecular weight is 207 g/mol. The molecule has 0 amide bonds. The number of carbonyl (C=O) groups excluding carboxylic acids is 1. The fraction of sp³-hybridized carbons (Fsp3) is 0.833. The van der Waals surface area contributed by atoms with E-state index in [9.17, 15) is 4.79 Å². The van der Waals surface area contributed by atoms with Crippen molar-refractivity contribution in [3.8, 4) is 0 Å². The fourth-order valence-corrected chi connectivity index (χ4v) is 0.529. The summed E-state index contributed by atoms with van der Waals surface area (Å²) in [7, 11) is 0. The second-order valence-corrected chi connectivity index (χ2v) is 1.76. The molecule has 9 heavy (non-hydrogen) atoms. The Bertz CT molecular complexity index is 65.5. The van der Waals surface area contributed by atoms with E-state index in [1.807, 2.05) is 6.92 Å². The molecule has 0 aromatic carbocycles. The average Bonchev–Trinajstić information content (AvgIpc) is 1.68. The Labute approximate surface area is 74.8 Å². The van der Waals surface area contributed by atoms with Crippen LogP contribution in [0.3, 0.4) is 0 Å². The van der Waals surface area contributed by atoms with Crippen molar-refractivity contribution in [3.63, 3.8) is 0 Å². The number of rotatable bonds is 4. The molecule has 0 rings (SSSR count). The van der Waals surface area contributed by atoms with Crippen molar-refractivity contribution < 1.29 is 36.1 Å². The van der Waals surface area contributed by atoms with Gasteiger partial charge < -0.3 is 5.11 Å². The van der Waals surface area contributed by atoms with Crippen molar-refractivity contribution in [2.24, 2.45) is 0 Å². The Hall–Kier alpha value is 0.513. The van der Waals surface area contributed by atoms with Gasteiger partial charge in [-0.1, -0.05) is 6.92 Å². The molecule has 0 spiro atoms. The summed E-state index contributed by atoms with van der Waals surface area (Å²) in [6.45, 7) is 1.95. The van der Waals surface area contributed by atoms with E-state index in [-0.39, 0.29) is 38.6 Å². The Kier molecular flexibility index (Phi) is 11.6. The molecule has 0 aromatic rings. The van der Waals surface area contributed by atoms with Crippen LogP contribution >= 0.6 is 0 Å². The SMILES string of the molecule is CCCC(=O)CCO.[Zr]. The van der Waals surface area contributed by atoms with Crippen LogP contribution in [0.15, 0.2) is 0 Å². The van der Waals surface area contributed by atoms with E-state index in [0.717, 1.165) is 6.42 Å².